The molecule has 1 aliphatic rings. The van der Waals surface area contributed by atoms with E-state index in [1.807, 2.05) is 11.8 Å². The lowest BCUT2D eigenvalue weighted by atomic mass is 10.3. The molecule has 0 saturated carbocycles. The third kappa shape index (κ3) is 3.76. The first kappa shape index (κ1) is 10.3. The minimum atomic E-state index is 0.417. The number of morpholine rings is 1. The van der Waals surface area contributed by atoms with Crippen molar-refractivity contribution in [3.63, 3.8) is 0 Å². The van der Waals surface area contributed by atoms with E-state index in [1.165, 1.54) is 0 Å². The number of hydrogen-bond acceptors (Lipinski definition) is 4. The van der Waals surface area contributed by atoms with Gasteiger partial charge in [-0.3, -0.25) is 0 Å². The summed E-state index contributed by atoms with van der Waals surface area (Å²) in [4.78, 5) is 2.32. The van der Waals surface area contributed by atoms with E-state index in [0.29, 0.717) is 6.10 Å². The van der Waals surface area contributed by atoms with Gasteiger partial charge in [0.2, 0.25) is 0 Å². The fourth-order valence-corrected chi connectivity index (χ4v) is 2.06. The van der Waals surface area contributed by atoms with Gasteiger partial charge in [-0.1, -0.05) is 0 Å². The predicted molar refractivity (Wildman–Crippen MR) is 53.6 cm³/mol. The Bertz CT molecular complexity index is 124. The zero-order chi connectivity index (χ0) is 8.81. The molecule has 72 valence electrons. The number of thioether (sulfide) groups is 1. The van der Waals surface area contributed by atoms with E-state index in [4.69, 9.17) is 10.5 Å². The van der Waals surface area contributed by atoms with E-state index in [-0.39, 0.29) is 0 Å². The van der Waals surface area contributed by atoms with Crippen molar-refractivity contribution in [1.82, 2.24) is 4.90 Å². The van der Waals surface area contributed by atoms with Gasteiger partial charge in [-0.15, -0.1) is 0 Å². The van der Waals surface area contributed by atoms with Crippen molar-refractivity contribution < 1.29 is 4.74 Å². The van der Waals surface area contributed by atoms with Crippen LogP contribution >= 0.6 is 11.8 Å². The quantitative estimate of drug-likeness (QED) is 0.634. The summed E-state index contributed by atoms with van der Waals surface area (Å²) >= 11 is 1.89. The molecular weight excluding hydrogens is 172 g/mol. The molecule has 1 fully saturated rings. The van der Waals surface area contributed by atoms with Crippen LogP contribution in [0.5, 0.6) is 0 Å². The van der Waals surface area contributed by atoms with Crippen molar-refractivity contribution in [2.45, 2.75) is 6.10 Å². The van der Waals surface area contributed by atoms with Gasteiger partial charge in [0.25, 0.3) is 0 Å². The molecule has 0 aromatic heterocycles. The highest BCUT2D eigenvalue weighted by atomic mass is 32.2. The Labute approximate surface area is 78.6 Å². The summed E-state index contributed by atoms with van der Waals surface area (Å²) in [5.41, 5.74) is 5.40. The van der Waals surface area contributed by atoms with Crippen LogP contribution in [0.15, 0.2) is 0 Å². The highest BCUT2D eigenvalue weighted by molar-refractivity contribution is 7.99. The summed E-state index contributed by atoms with van der Waals surface area (Å²) in [6.45, 7) is 3.78. The molecule has 0 aromatic rings. The Morgan fingerprint density at radius 1 is 1.67 bits per heavy atom. The lowest BCUT2D eigenvalue weighted by Gasteiger charge is -2.29. The first-order valence-electron chi connectivity index (χ1n) is 4.41. The SMILES string of the molecule is CN1CCOC(CSCCN)C1. The number of nitrogens with two attached hydrogens (primary N) is 1. The van der Waals surface area contributed by atoms with Crippen molar-refractivity contribution in [2.24, 2.45) is 5.73 Å². The van der Waals surface area contributed by atoms with E-state index >= 15 is 0 Å². The van der Waals surface area contributed by atoms with Gasteiger partial charge in [0.15, 0.2) is 0 Å². The van der Waals surface area contributed by atoms with E-state index in [2.05, 4.69) is 11.9 Å². The van der Waals surface area contributed by atoms with E-state index in [0.717, 1.165) is 37.7 Å². The molecule has 0 aromatic carbocycles. The van der Waals surface area contributed by atoms with E-state index in [9.17, 15) is 0 Å². The Balaban J connectivity index is 2.06. The maximum atomic E-state index is 5.59. The van der Waals surface area contributed by atoms with Crippen LogP contribution in [-0.4, -0.2) is 55.8 Å². The van der Waals surface area contributed by atoms with Crippen LogP contribution in [0.1, 0.15) is 0 Å². The summed E-state index contributed by atoms with van der Waals surface area (Å²) in [6, 6.07) is 0. The Morgan fingerprint density at radius 3 is 3.17 bits per heavy atom. The largest absolute Gasteiger partial charge is 0.375 e. The number of nitrogens with zero attached hydrogens (tertiary/aromatic N) is 1. The van der Waals surface area contributed by atoms with Crippen molar-refractivity contribution in [3.05, 3.63) is 0 Å². The molecule has 1 atom stereocenters. The van der Waals surface area contributed by atoms with Crippen LogP contribution in [0.4, 0.5) is 0 Å². The second-order valence-corrected chi connectivity index (χ2v) is 4.27. The van der Waals surface area contributed by atoms with Gasteiger partial charge in [-0.2, -0.15) is 11.8 Å². The number of hydrogen-bond donors (Lipinski definition) is 1. The van der Waals surface area contributed by atoms with Crippen molar-refractivity contribution in [3.8, 4) is 0 Å². The Kier molecular flexibility index (Phi) is 4.99. The summed E-state index contributed by atoms with van der Waals surface area (Å²) in [6.07, 6.45) is 0.417. The van der Waals surface area contributed by atoms with E-state index in [1.54, 1.807) is 0 Å². The maximum Gasteiger partial charge on any atom is 0.0792 e. The highest BCUT2D eigenvalue weighted by Gasteiger charge is 2.16. The normalized spacial score (nSPS) is 26.0. The molecule has 2 N–H and O–H groups in total. The summed E-state index contributed by atoms with van der Waals surface area (Å²) in [5.74, 6) is 2.13. The average molecular weight is 190 g/mol. The minimum Gasteiger partial charge on any atom is -0.375 e. The fraction of sp³-hybridized carbons (Fsp3) is 1.00. The van der Waals surface area contributed by atoms with E-state index < -0.39 is 0 Å². The molecule has 4 heteroatoms. The van der Waals surface area contributed by atoms with Crippen molar-refractivity contribution in [2.75, 3.05) is 44.8 Å². The first-order chi connectivity index (χ1) is 5.83. The standard InChI is InChI=1S/C8H18N2OS/c1-10-3-4-11-8(6-10)7-12-5-2-9/h8H,2-7,9H2,1H3. The predicted octanol–water partition coefficient (Wildman–Crippen LogP) is 0.00890. The molecule has 0 amide bonds. The number of ether oxygens (including phenoxy) is 1. The second-order valence-electron chi connectivity index (χ2n) is 3.12. The average Bonchev–Trinajstić information content (AvgIpc) is 2.05. The molecule has 1 unspecified atom stereocenters. The zero-order valence-corrected chi connectivity index (χ0v) is 8.48. The molecule has 12 heavy (non-hydrogen) atoms. The lowest BCUT2D eigenvalue weighted by Crippen LogP contribution is -2.41. The van der Waals surface area contributed by atoms with Gasteiger partial charge in [-0.05, 0) is 7.05 Å². The smallest absolute Gasteiger partial charge is 0.0792 e. The minimum absolute atomic E-state index is 0.417. The fourth-order valence-electron chi connectivity index (χ4n) is 1.27. The van der Waals surface area contributed by atoms with Crippen LogP contribution in [-0.2, 0) is 4.74 Å². The molecule has 1 rings (SSSR count). The van der Waals surface area contributed by atoms with Gasteiger partial charge in [-0.25, -0.2) is 0 Å². The number of rotatable bonds is 4. The highest BCUT2D eigenvalue weighted by Crippen LogP contribution is 2.09. The molecule has 0 bridgehead atoms. The Hall–Kier alpha value is 0.230. The third-order valence-electron chi connectivity index (χ3n) is 1.91. The topological polar surface area (TPSA) is 38.5 Å². The van der Waals surface area contributed by atoms with Gasteiger partial charge < -0.3 is 15.4 Å². The lowest BCUT2D eigenvalue weighted by molar-refractivity contribution is -0.00597. The second kappa shape index (κ2) is 5.80. The Morgan fingerprint density at radius 2 is 2.50 bits per heavy atom. The monoisotopic (exact) mass is 190 g/mol. The maximum absolute atomic E-state index is 5.59. The van der Waals surface area contributed by atoms with Crippen LogP contribution in [0.3, 0.4) is 0 Å². The molecule has 0 radical (unpaired) electrons. The molecule has 1 saturated heterocycles. The zero-order valence-electron chi connectivity index (χ0n) is 7.66. The van der Waals surface area contributed by atoms with Crippen LogP contribution in [0, 0.1) is 0 Å². The van der Waals surface area contributed by atoms with Crippen LogP contribution in [0.2, 0.25) is 0 Å². The molecule has 0 spiro atoms. The van der Waals surface area contributed by atoms with Gasteiger partial charge in [0.05, 0.1) is 12.7 Å². The third-order valence-corrected chi connectivity index (χ3v) is 3.04. The molecule has 0 aliphatic carbocycles. The summed E-state index contributed by atoms with van der Waals surface area (Å²) < 4.78 is 5.59. The van der Waals surface area contributed by atoms with Crippen LogP contribution < -0.4 is 5.73 Å². The molecule has 1 aliphatic heterocycles. The first-order valence-corrected chi connectivity index (χ1v) is 5.56. The summed E-state index contributed by atoms with van der Waals surface area (Å²) in [5, 5.41) is 0. The van der Waals surface area contributed by atoms with Gasteiger partial charge in [0.1, 0.15) is 0 Å². The van der Waals surface area contributed by atoms with Gasteiger partial charge >= 0.3 is 0 Å². The molecular formula is C8H18N2OS. The molecule has 3 nitrogen and oxygen atoms in total. The summed E-state index contributed by atoms with van der Waals surface area (Å²) in [7, 11) is 2.14. The van der Waals surface area contributed by atoms with Crippen LogP contribution in [0.25, 0.3) is 0 Å². The number of likely N-dealkylation sites (N-methyl/N-ethyl adjacent to an activating group) is 1. The van der Waals surface area contributed by atoms with Crippen molar-refractivity contribution in [1.29, 1.82) is 0 Å². The molecule has 1 heterocycles. The van der Waals surface area contributed by atoms with Gasteiger partial charge in [0, 0.05) is 31.1 Å². The van der Waals surface area contributed by atoms with Crippen molar-refractivity contribution >= 4 is 11.8 Å².